The van der Waals surface area contributed by atoms with E-state index in [0.29, 0.717) is 0 Å². The van der Waals surface area contributed by atoms with E-state index in [2.05, 4.69) is 20.2 Å². The number of para-hydroxylation sites is 1. The van der Waals surface area contributed by atoms with E-state index in [1.165, 1.54) is 0 Å². The summed E-state index contributed by atoms with van der Waals surface area (Å²) in [5, 5.41) is 21.7. The Morgan fingerprint density at radius 3 is 2.59 bits per heavy atom. The molecule has 29 heavy (non-hydrogen) atoms. The van der Waals surface area contributed by atoms with Gasteiger partial charge in [-0.1, -0.05) is 30.3 Å². The lowest BCUT2D eigenvalue weighted by molar-refractivity contribution is 0.457. The smallest absolute Gasteiger partial charge is 0.196 e. The van der Waals surface area contributed by atoms with Crippen LogP contribution in [0.15, 0.2) is 83.3 Å². The number of pyridine rings is 1. The number of hydrogen-bond acceptors (Lipinski definition) is 4. The second-order valence-corrected chi connectivity index (χ2v) is 6.55. The van der Waals surface area contributed by atoms with Crippen molar-refractivity contribution in [1.82, 2.24) is 9.97 Å². The lowest BCUT2D eigenvalue weighted by Crippen LogP contribution is -2.15. The van der Waals surface area contributed by atoms with Gasteiger partial charge in [0.05, 0.1) is 11.1 Å². The van der Waals surface area contributed by atoms with Crippen LogP contribution in [0.25, 0.3) is 23.1 Å². The summed E-state index contributed by atoms with van der Waals surface area (Å²) in [6.07, 6.45) is 9.44. The van der Waals surface area contributed by atoms with Crippen molar-refractivity contribution >= 4 is 41.2 Å². The zero-order valence-electron chi connectivity index (χ0n) is 15.3. The summed E-state index contributed by atoms with van der Waals surface area (Å²) in [6, 6.07) is 17.7. The quantitative estimate of drug-likeness (QED) is 0.551. The van der Waals surface area contributed by atoms with Crippen LogP contribution < -0.4 is 10.6 Å². The SMILES string of the molecule is Cl.Oc1[nH]c2ccccc2c1C=c1ccc2c(c1)C(C=Cc1ccncc1)=NN=2. The summed E-state index contributed by atoms with van der Waals surface area (Å²) in [5.41, 5.74) is 4.52. The number of benzene rings is 2. The Balaban J connectivity index is 0.00000205. The number of aromatic hydroxyl groups is 1. The molecule has 5 rings (SSSR count). The number of nitrogens with zero attached hydrogens (tertiary/aromatic N) is 3. The Labute approximate surface area is 172 Å². The molecule has 0 saturated heterocycles. The van der Waals surface area contributed by atoms with Crippen molar-refractivity contribution in [2.45, 2.75) is 0 Å². The van der Waals surface area contributed by atoms with Crippen molar-refractivity contribution < 1.29 is 5.11 Å². The van der Waals surface area contributed by atoms with Crippen LogP contribution in [-0.4, -0.2) is 20.8 Å². The van der Waals surface area contributed by atoms with E-state index in [1.54, 1.807) is 12.4 Å². The molecule has 1 aliphatic rings. The van der Waals surface area contributed by atoms with Crippen LogP contribution in [-0.2, 0) is 0 Å². The molecular weight excluding hydrogens is 384 g/mol. The number of aromatic amines is 1. The van der Waals surface area contributed by atoms with Gasteiger partial charge in [-0.25, -0.2) is 0 Å². The zero-order valence-corrected chi connectivity index (χ0v) is 16.1. The Hall–Kier alpha value is -3.70. The van der Waals surface area contributed by atoms with Gasteiger partial charge in [-0.3, -0.25) is 4.98 Å². The van der Waals surface area contributed by atoms with Crippen LogP contribution in [0.4, 0.5) is 0 Å². The number of aromatic nitrogens is 2. The van der Waals surface area contributed by atoms with Crippen LogP contribution in [0.5, 0.6) is 5.88 Å². The molecule has 0 unspecified atom stereocenters. The van der Waals surface area contributed by atoms with Crippen molar-refractivity contribution in [3.63, 3.8) is 0 Å². The molecule has 2 aromatic carbocycles. The number of rotatable bonds is 3. The predicted octanol–water partition coefficient (Wildman–Crippen LogP) is 3.57. The van der Waals surface area contributed by atoms with Crippen molar-refractivity contribution in [3.05, 3.63) is 100 Å². The summed E-state index contributed by atoms with van der Waals surface area (Å²) >= 11 is 0. The van der Waals surface area contributed by atoms with Gasteiger partial charge in [0, 0.05) is 34.4 Å². The molecule has 0 aliphatic carbocycles. The monoisotopic (exact) mass is 400 g/mol. The molecule has 4 aromatic rings. The second kappa shape index (κ2) is 7.73. The van der Waals surface area contributed by atoms with E-state index in [4.69, 9.17) is 0 Å². The maximum atomic E-state index is 10.3. The summed E-state index contributed by atoms with van der Waals surface area (Å²) in [7, 11) is 0. The maximum absolute atomic E-state index is 10.3. The molecule has 142 valence electrons. The fourth-order valence-electron chi connectivity index (χ4n) is 3.33. The van der Waals surface area contributed by atoms with Gasteiger partial charge in [0.25, 0.3) is 0 Å². The maximum Gasteiger partial charge on any atom is 0.196 e. The van der Waals surface area contributed by atoms with E-state index < -0.39 is 0 Å². The first-order chi connectivity index (χ1) is 13.8. The first kappa shape index (κ1) is 18.7. The van der Waals surface area contributed by atoms with Gasteiger partial charge < -0.3 is 10.1 Å². The third kappa shape index (κ3) is 3.56. The summed E-state index contributed by atoms with van der Waals surface area (Å²) in [4.78, 5) is 7.04. The predicted molar refractivity (Wildman–Crippen MR) is 118 cm³/mol. The first-order valence-electron chi connectivity index (χ1n) is 8.93. The fraction of sp³-hybridized carbons (Fsp3) is 0. The molecular formula is C23H17ClN4O. The van der Waals surface area contributed by atoms with Crippen LogP contribution in [0.2, 0.25) is 0 Å². The molecule has 3 heterocycles. The van der Waals surface area contributed by atoms with Gasteiger partial charge >= 0.3 is 0 Å². The van der Waals surface area contributed by atoms with E-state index in [0.717, 1.165) is 43.9 Å². The molecule has 2 N–H and O–H groups in total. The number of fused-ring (bicyclic) bond motifs is 2. The molecule has 2 aromatic heterocycles. The summed E-state index contributed by atoms with van der Waals surface area (Å²) in [5.74, 6) is 0.165. The summed E-state index contributed by atoms with van der Waals surface area (Å²) in [6.45, 7) is 0. The average molecular weight is 401 g/mol. The van der Waals surface area contributed by atoms with Crippen molar-refractivity contribution in [2.75, 3.05) is 0 Å². The molecule has 0 fully saturated rings. The van der Waals surface area contributed by atoms with Gasteiger partial charge in [0.2, 0.25) is 0 Å². The van der Waals surface area contributed by atoms with Crippen molar-refractivity contribution in [2.24, 2.45) is 10.2 Å². The van der Waals surface area contributed by atoms with E-state index in [1.807, 2.05) is 72.8 Å². The molecule has 1 aliphatic heterocycles. The number of hydrogen-bond donors (Lipinski definition) is 2. The Morgan fingerprint density at radius 2 is 1.72 bits per heavy atom. The zero-order chi connectivity index (χ0) is 18.9. The number of allylic oxidation sites excluding steroid dienone is 1. The molecule has 0 atom stereocenters. The molecule has 5 nitrogen and oxygen atoms in total. The highest BCUT2D eigenvalue weighted by Crippen LogP contribution is 2.27. The minimum Gasteiger partial charge on any atom is -0.494 e. The van der Waals surface area contributed by atoms with Crippen LogP contribution in [0, 0.1) is 0 Å². The number of halogens is 1. The standard InChI is InChI=1S/C23H16N4O.ClH/c28-23-18(17-3-1-2-4-20(17)25-23)13-16-6-8-22-19(14-16)21(26-27-22)7-5-15-9-11-24-12-10-15;/h1-14,25,28H;1H. The molecule has 0 spiro atoms. The Bertz CT molecular complexity index is 1370. The van der Waals surface area contributed by atoms with Gasteiger partial charge in [-0.05, 0) is 53.3 Å². The summed E-state index contributed by atoms with van der Waals surface area (Å²) < 4.78 is 0. The highest BCUT2D eigenvalue weighted by atomic mass is 35.5. The van der Waals surface area contributed by atoms with E-state index in [9.17, 15) is 5.11 Å². The molecule has 0 bridgehead atoms. The first-order valence-corrected chi connectivity index (χ1v) is 8.93. The van der Waals surface area contributed by atoms with Gasteiger partial charge in [-0.2, -0.15) is 0 Å². The Kier molecular flexibility index (Phi) is 4.97. The second-order valence-electron chi connectivity index (χ2n) is 6.55. The highest BCUT2D eigenvalue weighted by molar-refractivity contribution is 6.11. The van der Waals surface area contributed by atoms with Crippen LogP contribution >= 0.6 is 12.4 Å². The lowest BCUT2D eigenvalue weighted by Gasteiger charge is -1.97. The lowest BCUT2D eigenvalue weighted by atomic mass is 10.1. The average Bonchev–Trinajstić information content (AvgIpc) is 3.28. The van der Waals surface area contributed by atoms with Crippen LogP contribution in [0.3, 0.4) is 0 Å². The van der Waals surface area contributed by atoms with Gasteiger partial charge in [0.1, 0.15) is 0 Å². The minimum absolute atomic E-state index is 0. The number of H-pyrrole nitrogens is 1. The molecule has 6 heteroatoms. The Morgan fingerprint density at radius 1 is 0.897 bits per heavy atom. The molecule has 0 saturated carbocycles. The fourth-order valence-corrected chi connectivity index (χ4v) is 3.33. The minimum atomic E-state index is 0. The molecule has 0 radical (unpaired) electrons. The van der Waals surface area contributed by atoms with E-state index >= 15 is 0 Å². The largest absolute Gasteiger partial charge is 0.494 e. The van der Waals surface area contributed by atoms with Crippen molar-refractivity contribution in [3.8, 4) is 5.88 Å². The topological polar surface area (TPSA) is 73.6 Å². The van der Waals surface area contributed by atoms with Gasteiger partial charge in [0.15, 0.2) is 5.88 Å². The number of nitrogens with one attached hydrogen (secondary N) is 1. The van der Waals surface area contributed by atoms with E-state index in [-0.39, 0.29) is 18.3 Å². The van der Waals surface area contributed by atoms with Crippen molar-refractivity contribution in [1.29, 1.82) is 0 Å². The van der Waals surface area contributed by atoms with Gasteiger partial charge in [-0.15, -0.1) is 22.6 Å². The molecule has 0 amide bonds. The highest BCUT2D eigenvalue weighted by Gasteiger charge is 2.10. The van der Waals surface area contributed by atoms with Crippen LogP contribution in [0.1, 0.15) is 16.7 Å². The third-order valence-corrected chi connectivity index (χ3v) is 4.74. The normalized spacial score (nSPS) is 13.2. The third-order valence-electron chi connectivity index (χ3n) is 4.74.